The molecule has 256 valence electrons. The van der Waals surface area contributed by atoms with Crippen LogP contribution in [0, 0.1) is 45.2 Å². The number of halogens is 5. The third-order valence-electron chi connectivity index (χ3n) is 8.57. The number of likely N-dealkylation sites (N-methyl/N-ethyl adjacent to an activating group) is 1. The fourth-order valence-corrected chi connectivity index (χ4v) is 6.15. The molecule has 0 spiro atoms. The maximum Gasteiger partial charge on any atom is 0.416 e. The number of Topliss-reactive ketones (excluding diaryl/α,β-unsaturated/α-hetero) is 1. The summed E-state index contributed by atoms with van der Waals surface area (Å²) in [5, 5.41) is 9.79. The van der Waals surface area contributed by atoms with Gasteiger partial charge in [0, 0.05) is 42.3 Å². The molecule has 1 heterocycles. The van der Waals surface area contributed by atoms with Crippen LogP contribution in [0.1, 0.15) is 84.0 Å². The minimum Gasteiger partial charge on any atom is -0.481 e. The predicted molar refractivity (Wildman–Crippen MR) is 172 cm³/mol. The molecule has 1 unspecified atom stereocenters. The molecule has 0 aliphatic carbocycles. The molecule has 47 heavy (non-hydrogen) atoms. The standard InChI is InChI=1S/C36H43F5N2O4/c1-19(2)13-28(43-18-24(11-12-42(7)8)21(4)15-30(43)45)29(44)16-25(17-31(46)47)33-34(37)22(5)14-26(35(33)38)32-20(3)9-10-27(23(32)6)36(39,40)41/h9-10,14-15,18-19,25,28H,11-13,16-17H2,1-8H3,(H,46,47)/t25-,28?/m0/s1. The lowest BCUT2D eigenvalue weighted by Crippen LogP contribution is -2.32. The normalized spacial score (nSPS) is 13.3. The Kier molecular flexibility index (Phi) is 11.9. The number of rotatable bonds is 13. The minimum atomic E-state index is -4.73. The first kappa shape index (κ1) is 37.6. The Morgan fingerprint density at radius 2 is 1.57 bits per heavy atom. The van der Waals surface area contributed by atoms with E-state index in [9.17, 15) is 32.7 Å². The van der Waals surface area contributed by atoms with Crippen molar-refractivity contribution in [2.45, 2.75) is 85.4 Å². The van der Waals surface area contributed by atoms with E-state index < -0.39 is 71.1 Å². The van der Waals surface area contributed by atoms with Gasteiger partial charge in [-0.05, 0) is 106 Å². The number of ketones is 1. The van der Waals surface area contributed by atoms with Crippen molar-refractivity contribution < 1.29 is 36.6 Å². The number of aryl methyl sites for hydroxylation is 3. The van der Waals surface area contributed by atoms with E-state index in [1.165, 1.54) is 37.5 Å². The molecule has 0 radical (unpaired) electrons. The van der Waals surface area contributed by atoms with Crippen molar-refractivity contribution in [3.05, 3.63) is 91.4 Å². The summed E-state index contributed by atoms with van der Waals surface area (Å²) in [6, 6.07) is 3.59. The Morgan fingerprint density at radius 3 is 2.13 bits per heavy atom. The zero-order chi connectivity index (χ0) is 35.5. The summed E-state index contributed by atoms with van der Waals surface area (Å²) < 4.78 is 75.0. The maximum atomic E-state index is 16.5. The third-order valence-corrected chi connectivity index (χ3v) is 8.57. The van der Waals surface area contributed by atoms with E-state index in [0.29, 0.717) is 18.5 Å². The highest BCUT2D eigenvalue weighted by Crippen LogP contribution is 2.42. The Bertz CT molecular complexity index is 1710. The molecule has 0 amide bonds. The Hall–Kier alpha value is -3.86. The number of carboxylic acids is 1. The van der Waals surface area contributed by atoms with Gasteiger partial charge < -0.3 is 14.6 Å². The van der Waals surface area contributed by atoms with Crippen molar-refractivity contribution >= 4 is 11.8 Å². The van der Waals surface area contributed by atoms with Crippen LogP contribution in [0.15, 0.2) is 35.3 Å². The number of pyridine rings is 1. The van der Waals surface area contributed by atoms with E-state index in [1.54, 1.807) is 13.1 Å². The minimum absolute atomic E-state index is 0.0776. The van der Waals surface area contributed by atoms with Crippen LogP contribution in [0.2, 0.25) is 0 Å². The maximum absolute atomic E-state index is 16.5. The number of carbonyl (C=O) groups excluding carboxylic acids is 1. The lowest BCUT2D eigenvalue weighted by Gasteiger charge is -2.26. The van der Waals surface area contributed by atoms with Crippen LogP contribution in [0.25, 0.3) is 11.1 Å². The average Bonchev–Trinajstić information content (AvgIpc) is 2.93. The Labute approximate surface area is 272 Å². The summed E-state index contributed by atoms with van der Waals surface area (Å²) in [5.41, 5.74) is -0.985. The average molecular weight is 663 g/mol. The molecule has 11 heteroatoms. The molecule has 0 fully saturated rings. The molecule has 1 N–H and O–H groups in total. The molecule has 3 aromatic rings. The van der Waals surface area contributed by atoms with Crippen LogP contribution in [0.5, 0.6) is 0 Å². The number of carboxylic acid groups (broad SMARTS) is 1. The molecule has 0 bridgehead atoms. The van der Waals surface area contributed by atoms with Crippen molar-refractivity contribution in [3.8, 4) is 11.1 Å². The van der Waals surface area contributed by atoms with Crippen molar-refractivity contribution in [1.29, 1.82) is 0 Å². The molecule has 3 rings (SSSR count). The lowest BCUT2D eigenvalue weighted by atomic mass is 9.82. The summed E-state index contributed by atoms with van der Waals surface area (Å²) in [7, 11) is 3.81. The van der Waals surface area contributed by atoms with Crippen LogP contribution < -0.4 is 5.56 Å². The van der Waals surface area contributed by atoms with Gasteiger partial charge in [0.25, 0.3) is 5.56 Å². The van der Waals surface area contributed by atoms with Gasteiger partial charge in [-0.1, -0.05) is 19.9 Å². The van der Waals surface area contributed by atoms with Gasteiger partial charge in [-0.2, -0.15) is 13.2 Å². The van der Waals surface area contributed by atoms with Crippen LogP contribution >= 0.6 is 0 Å². The number of carbonyl (C=O) groups is 2. The second-order valence-electron chi connectivity index (χ2n) is 13.1. The first-order valence-corrected chi connectivity index (χ1v) is 15.5. The second kappa shape index (κ2) is 14.9. The van der Waals surface area contributed by atoms with Gasteiger partial charge in [0.05, 0.1) is 18.0 Å². The van der Waals surface area contributed by atoms with Crippen molar-refractivity contribution in [2.75, 3.05) is 20.6 Å². The van der Waals surface area contributed by atoms with Crippen LogP contribution in [-0.2, 0) is 22.2 Å². The van der Waals surface area contributed by atoms with E-state index in [4.69, 9.17) is 0 Å². The topological polar surface area (TPSA) is 79.6 Å². The van der Waals surface area contributed by atoms with Gasteiger partial charge in [-0.25, -0.2) is 8.78 Å². The molecule has 0 aliphatic rings. The van der Waals surface area contributed by atoms with Gasteiger partial charge in [-0.3, -0.25) is 14.4 Å². The SMILES string of the molecule is Cc1cc(=O)n(C(CC(C)C)C(=O)C[C@@H](CC(=O)O)c2c(F)c(C)cc(-c3c(C)ccc(C(F)(F)F)c3C)c2F)cc1CCN(C)C. The summed E-state index contributed by atoms with van der Waals surface area (Å²) in [5.74, 6) is -5.89. The largest absolute Gasteiger partial charge is 0.481 e. The number of hydrogen-bond acceptors (Lipinski definition) is 4. The van der Waals surface area contributed by atoms with Gasteiger partial charge in [0.2, 0.25) is 0 Å². The van der Waals surface area contributed by atoms with Crippen LogP contribution in [0.4, 0.5) is 22.0 Å². The van der Waals surface area contributed by atoms with Crippen LogP contribution in [-0.4, -0.2) is 47.0 Å². The van der Waals surface area contributed by atoms with Gasteiger partial charge in [0.1, 0.15) is 11.6 Å². The van der Waals surface area contributed by atoms with Crippen molar-refractivity contribution in [3.63, 3.8) is 0 Å². The first-order chi connectivity index (χ1) is 21.7. The first-order valence-electron chi connectivity index (χ1n) is 15.5. The summed E-state index contributed by atoms with van der Waals surface area (Å²) >= 11 is 0. The van der Waals surface area contributed by atoms with E-state index in [2.05, 4.69) is 0 Å². The molecular weight excluding hydrogens is 619 g/mol. The highest BCUT2D eigenvalue weighted by atomic mass is 19.4. The van der Waals surface area contributed by atoms with E-state index >= 15 is 8.78 Å². The Morgan fingerprint density at radius 1 is 0.936 bits per heavy atom. The molecule has 1 aromatic heterocycles. The number of nitrogens with zero attached hydrogens (tertiary/aromatic N) is 2. The zero-order valence-electron chi connectivity index (χ0n) is 28.1. The number of aliphatic carboxylic acids is 1. The summed E-state index contributed by atoms with van der Waals surface area (Å²) in [4.78, 5) is 41.3. The Balaban J connectivity index is 2.20. The number of alkyl halides is 3. The summed E-state index contributed by atoms with van der Waals surface area (Å²) in [6.07, 6.45) is -3.74. The molecule has 0 saturated carbocycles. The fourth-order valence-electron chi connectivity index (χ4n) is 6.15. The van der Waals surface area contributed by atoms with Gasteiger partial charge in [0.15, 0.2) is 5.78 Å². The quantitative estimate of drug-likeness (QED) is 0.188. The van der Waals surface area contributed by atoms with Crippen LogP contribution in [0.3, 0.4) is 0 Å². The highest BCUT2D eigenvalue weighted by molar-refractivity contribution is 5.84. The fraction of sp³-hybridized carbons (Fsp3) is 0.472. The summed E-state index contributed by atoms with van der Waals surface area (Å²) in [6.45, 7) is 10.2. The van der Waals surface area contributed by atoms with E-state index in [-0.39, 0.29) is 34.6 Å². The number of aromatic nitrogens is 1. The molecule has 6 nitrogen and oxygen atoms in total. The van der Waals surface area contributed by atoms with E-state index in [0.717, 1.165) is 23.3 Å². The number of benzene rings is 2. The second-order valence-corrected chi connectivity index (χ2v) is 13.1. The molecule has 2 aromatic carbocycles. The monoisotopic (exact) mass is 662 g/mol. The molecular formula is C36H43F5N2O4. The lowest BCUT2D eigenvalue weighted by molar-refractivity contribution is -0.138. The number of hydrogen-bond donors (Lipinski definition) is 1. The molecule has 2 atom stereocenters. The smallest absolute Gasteiger partial charge is 0.416 e. The van der Waals surface area contributed by atoms with Gasteiger partial charge >= 0.3 is 12.1 Å². The van der Waals surface area contributed by atoms with Gasteiger partial charge in [-0.15, -0.1) is 0 Å². The predicted octanol–water partition coefficient (Wildman–Crippen LogP) is 7.95. The van der Waals surface area contributed by atoms with Crippen molar-refractivity contribution in [2.24, 2.45) is 5.92 Å². The highest BCUT2D eigenvalue weighted by Gasteiger charge is 2.36. The third kappa shape index (κ3) is 8.74. The zero-order valence-corrected chi connectivity index (χ0v) is 28.1. The van der Waals surface area contributed by atoms with Crippen molar-refractivity contribution in [1.82, 2.24) is 9.47 Å². The molecule has 0 saturated heterocycles. The molecule has 0 aliphatic heterocycles. The van der Waals surface area contributed by atoms with E-state index in [1.807, 2.05) is 32.8 Å².